The molecule has 3 heteroatoms. The zero-order chi connectivity index (χ0) is 12.6. The number of fused-ring (bicyclic) bond motifs is 1. The number of hydrogen-bond donors (Lipinski definition) is 1. The molecule has 1 aliphatic carbocycles. The highest BCUT2D eigenvalue weighted by Gasteiger charge is 2.34. The Labute approximate surface area is 112 Å². The number of aryl methyl sites for hydroxylation is 3. The maximum atomic E-state index is 6.62. The Hall–Kier alpha value is -1.19. The van der Waals surface area contributed by atoms with Gasteiger partial charge in [-0.25, -0.2) is 4.98 Å². The van der Waals surface area contributed by atoms with Gasteiger partial charge in [0.15, 0.2) is 0 Å². The topological polar surface area (TPSA) is 38.9 Å². The molecule has 0 aliphatic heterocycles. The van der Waals surface area contributed by atoms with Crippen LogP contribution in [0.1, 0.15) is 34.5 Å². The van der Waals surface area contributed by atoms with E-state index in [9.17, 15) is 0 Å². The molecule has 1 aliphatic rings. The van der Waals surface area contributed by atoms with Crippen molar-refractivity contribution in [1.29, 1.82) is 0 Å². The molecule has 2 nitrogen and oxygen atoms in total. The monoisotopic (exact) mass is 258 g/mol. The maximum absolute atomic E-state index is 6.62. The predicted molar refractivity (Wildman–Crippen MR) is 75.8 cm³/mol. The number of hydrogen-bond acceptors (Lipinski definition) is 3. The Balaban J connectivity index is 1.79. The molecule has 18 heavy (non-hydrogen) atoms. The smallest absolute Gasteiger partial charge is 0.0797 e. The number of benzene rings is 1. The summed E-state index contributed by atoms with van der Waals surface area (Å²) in [5, 5.41) is 0. The number of thiazole rings is 1. The van der Waals surface area contributed by atoms with Crippen molar-refractivity contribution in [2.75, 3.05) is 0 Å². The summed E-state index contributed by atoms with van der Waals surface area (Å²) in [5.41, 5.74) is 12.4. The van der Waals surface area contributed by atoms with E-state index in [1.165, 1.54) is 16.0 Å². The molecule has 2 aromatic rings. The Bertz CT molecular complexity index is 561. The molecular weight excluding hydrogens is 240 g/mol. The van der Waals surface area contributed by atoms with Gasteiger partial charge in [-0.2, -0.15) is 0 Å². The highest BCUT2D eigenvalue weighted by molar-refractivity contribution is 7.09. The fourth-order valence-electron chi connectivity index (χ4n) is 2.88. The van der Waals surface area contributed by atoms with E-state index >= 15 is 0 Å². The molecule has 0 spiro atoms. The Morgan fingerprint density at radius 3 is 3.00 bits per heavy atom. The molecule has 0 saturated heterocycles. The summed E-state index contributed by atoms with van der Waals surface area (Å²) < 4.78 is 0. The maximum Gasteiger partial charge on any atom is 0.0797 e. The fraction of sp³-hybridized carbons (Fsp3) is 0.400. The van der Waals surface area contributed by atoms with Gasteiger partial charge in [-0.3, -0.25) is 0 Å². The zero-order valence-electron chi connectivity index (χ0n) is 10.6. The largest absolute Gasteiger partial charge is 0.321 e. The lowest BCUT2D eigenvalue weighted by atomic mass is 9.88. The van der Waals surface area contributed by atoms with E-state index in [1.54, 1.807) is 11.3 Å². The second-order valence-electron chi connectivity index (χ2n) is 5.17. The van der Waals surface area contributed by atoms with Crippen LogP contribution >= 0.6 is 11.3 Å². The van der Waals surface area contributed by atoms with Crippen LogP contribution in [-0.2, 0) is 18.4 Å². The normalized spacial score (nSPS) is 22.1. The van der Waals surface area contributed by atoms with Crippen LogP contribution in [0.4, 0.5) is 0 Å². The van der Waals surface area contributed by atoms with Gasteiger partial charge in [-0.1, -0.05) is 24.3 Å². The minimum absolute atomic E-state index is 0.132. The van der Waals surface area contributed by atoms with Gasteiger partial charge in [-0.15, -0.1) is 11.3 Å². The molecule has 1 aromatic heterocycles. The molecule has 94 valence electrons. The molecule has 0 fully saturated rings. The second kappa shape index (κ2) is 4.48. The van der Waals surface area contributed by atoms with Crippen molar-refractivity contribution in [2.24, 2.45) is 5.73 Å². The van der Waals surface area contributed by atoms with Gasteiger partial charge in [0.1, 0.15) is 0 Å². The first-order valence-corrected chi connectivity index (χ1v) is 7.33. The summed E-state index contributed by atoms with van der Waals surface area (Å²) in [6.45, 7) is 2.08. The van der Waals surface area contributed by atoms with Gasteiger partial charge in [0, 0.05) is 10.4 Å². The van der Waals surface area contributed by atoms with Gasteiger partial charge >= 0.3 is 0 Å². The van der Waals surface area contributed by atoms with Crippen molar-refractivity contribution in [2.45, 2.75) is 38.1 Å². The Morgan fingerprint density at radius 1 is 1.39 bits per heavy atom. The average Bonchev–Trinajstić information content (AvgIpc) is 2.93. The van der Waals surface area contributed by atoms with Crippen LogP contribution in [0, 0.1) is 6.92 Å². The van der Waals surface area contributed by atoms with Gasteiger partial charge < -0.3 is 5.73 Å². The van der Waals surface area contributed by atoms with Crippen molar-refractivity contribution >= 4 is 11.3 Å². The van der Waals surface area contributed by atoms with Gasteiger partial charge in [0.05, 0.1) is 11.2 Å². The zero-order valence-corrected chi connectivity index (χ0v) is 11.5. The second-order valence-corrected chi connectivity index (χ2v) is 6.11. The van der Waals surface area contributed by atoms with Crippen molar-refractivity contribution < 1.29 is 0 Å². The molecule has 0 amide bonds. The summed E-state index contributed by atoms with van der Waals surface area (Å²) >= 11 is 1.75. The van der Waals surface area contributed by atoms with E-state index in [4.69, 9.17) is 5.73 Å². The number of nitrogens with two attached hydrogens (primary N) is 1. The quantitative estimate of drug-likeness (QED) is 0.918. The average molecular weight is 258 g/mol. The lowest BCUT2D eigenvalue weighted by molar-refractivity contribution is 0.408. The van der Waals surface area contributed by atoms with Crippen LogP contribution in [0.15, 0.2) is 29.8 Å². The number of aromatic nitrogens is 1. The highest BCUT2D eigenvalue weighted by Crippen LogP contribution is 2.38. The summed E-state index contributed by atoms with van der Waals surface area (Å²) in [6.07, 6.45) is 4.26. The van der Waals surface area contributed by atoms with Crippen LogP contribution in [0.2, 0.25) is 0 Å². The molecule has 1 heterocycles. The van der Waals surface area contributed by atoms with Gasteiger partial charge in [0.25, 0.3) is 0 Å². The third-order valence-corrected chi connectivity index (χ3v) is 5.03. The van der Waals surface area contributed by atoms with Crippen molar-refractivity contribution in [3.63, 3.8) is 0 Å². The highest BCUT2D eigenvalue weighted by atomic mass is 32.1. The molecule has 0 bridgehead atoms. The van der Waals surface area contributed by atoms with Crippen LogP contribution < -0.4 is 5.73 Å². The molecular formula is C15H18N2S. The predicted octanol–water partition coefficient (Wildman–Crippen LogP) is 3.18. The van der Waals surface area contributed by atoms with E-state index in [-0.39, 0.29) is 5.54 Å². The molecule has 0 radical (unpaired) electrons. The minimum atomic E-state index is -0.132. The minimum Gasteiger partial charge on any atom is -0.321 e. The lowest BCUT2D eigenvalue weighted by Crippen LogP contribution is -2.34. The van der Waals surface area contributed by atoms with Gasteiger partial charge in [0.2, 0.25) is 0 Å². The summed E-state index contributed by atoms with van der Waals surface area (Å²) in [5.74, 6) is 0. The number of rotatable bonds is 3. The summed E-state index contributed by atoms with van der Waals surface area (Å²) in [4.78, 5) is 5.69. The van der Waals surface area contributed by atoms with Crippen molar-refractivity contribution in [3.05, 3.63) is 51.5 Å². The standard InChI is InChI=1S/C15H18N2S/c1-11-14(18-10-17-11)7-9-15(16)8-6-12-4-2-3-5-13(12)15/h2-5,10H,6-9,16H2,1H3. The Kier molecular flexibility index (Phi) is 2.96. The lowest BCUT2D eigenvalue weighted by Gasteiger charge is -2.25. The first kappa shape index (κ1) is 11.9. The molecule has 1 unspecified atom stereocenters. The summed E-state index contributed by atoms with van der Waals surface area (Å²) in [7, 11) is 0. The summed E-state index contributed by atoms with van der Waals surface area (Å²) in [6, 6.07) is 8.62. The van der Waals surface area contributed by atoms with Crippen LogP contribution in [0.25, 0.3) is 0 Å². The number of nitrogens with zero attached hydrogens (tertiary/aromatic N) is 1. The SMILES string of the molecule is Cc1ncsc1CCC1(N)CCc2ccccc21. The van der Waals surface area contributed by atoms with Crippen LogP contribution in [0.5, 0.6) is 0 Å². The molecule has 2 N–H and O–H groups in total. The fourth-order valence-corrected chi connectivity index (χ4v) is 3.66. The van der Waals surface area contributed by atoms with Gasteiger partial charge in [-0.05, 0) is 43.7 Å². The van der Waals surface area contributed by atoms with E-state index in [0.29, 0.717) is 0 Å². The Morgan fingerprint density at radius 2 is 2.22 bits per heavy atom. The van der Waals surface area contributed by atoms with Crippen molar-refractivity contribution in [1.82, 2.24) is 4.98 Å². The third-order valence-electron chi connectivity index (χ3n) is 4.04. The van der Waals surface area contributed by atoms with E-state index in [0.717, 1.165) is 31.4 Å². The molecule has 1 aromatic carbocycles. The van der Waals surface area contributed by atoms with Crippen LogP contribution in [0.3, 0.4) is 0 Å². The molecule has 1 atom stereocenters. The molecule has 0 saturated carbocycles. The first-order chi connectivity index (χ1) is 8.69. The third kappa shape index (κ3) is 1.98. The van der Waals surface area contributed by atoms with E-state index in [1.807, 2.05) is 5.51 Å². The molecule has 3 rings (SSSR count). The first-order valence-electron chi connectivity index (χ1n) is 6.45. The van der Waals surface area contributed by atoms with E-state index in [2.05, 4.69) is 36.2 Å². The van der Waals surface area contributed by atoms with Crippen molar-refractivity contribution in [3.8, 4) is 0 Å². The van der Waals surface area contributed by atoms with Crippen LogP contribution in [-0.4, -0.2) is 4.98 Å². The van der Waals surface area contributed by atoms with E-state index < -0.39 is 0 Å².